The molecule has 5 rings (SSSR count). The molecule has 2 aromatic rings. The van der Waals surface area contributed by atoms with Crippen molar-refractivity contribution >= 4 is 11.6 Å². The fourth-order valence-electron chi connectivity index (χ4n) is 5.79. The number of benzene rings is 1. The minimum Gasteiger partial charge on any atom is -0.378 e. The number of halogens is 2. The zero-order valence-corrected chi connectivity index (χ0v) is 21.8. The summed E-state index contributed by atoms with van der Waals surface area (Å²) in [6.45, 7) is 10.0. The predicted octanol–water partition coefficient (Wildman–Crippen LogP) is 2.05. The van der Waals surface area contributed by atoms with Gasteiger partial charge >= 0.3 is 0 Å². The van der Waals surface area contributed by atoms with E-state index in [9.17, 15) is 18.7 Å². The molecular formula is C27H36F2N6O2. The Morgan fingerprint density at radius 1 is 1.22 bits per heavy atom. The molecule has 200 valence electrons. The summed E-state index contributed by atoms with van der Waals surface area (Å²) in [7, 11) is 0. The zero-order chi connectivity index (χ0) is 26.3. The number of piperazine rings is 1. The van der Waals surface area contributed by atoms with Crippen LogP contribution in [0.2, 0.25) is 0 Å². The van der Waals surface area contributed by atoms with Gasteiger partial charge in [-0.25, -0.2) is 8.78 Å². The number of aliphatic hydroxyl groups is 1. The summed E-state index contributed by atoms with van der Waals surface area (Å²) in [5.41, 5.74) is 1.93. The first kappa shape index (κ1) is 26.1. The number of carbonyl (C=O) groups excluding carboxylic acids is 1. The number of nitrogens with zero attached hydrogens (tertiary/aromatic N) is 5. The highest BCUT2D eigenvalue weighted by atomic mass is 19.1. The van der Waals surface area contributed by atoms with Gasteiger partial charge < -0.3 is 15.3 Å². The molecule has 0 bridgehead atoms. The molecular weight excluding hydrogens is 478 g/mol. The van der Waals surface area contributed by atoms with Gasteiger partial charge in [-0.05, 0) is 37.5 Å². The number of rotatable bonds is 6. The van der Waals surface area contributed by atoms with Gasteiger partial charge in [0.05, 0.1) is 23.6 Å². The van der Waals surface area contributed by atoms with E-state index in [1.54, 1.807) is 4.90 Å². The molecule has 0 spiro atoms. The number of aromatic nitrogens is 2. The Balaban J connectivity index is 1.35. The number of nitrogens with one attached hydrogen (secondary N) is 1. The minimum absolute atomic E-state index is 0.0141. The van der Waals surface area contributed by atoms with Crippen LogP contribution in [-0.4, -0.2) is 88.6 Å². The van der Waals surface area contributed by atoms with Gasteiger partial charge in [0.2, 0.25) is 5.91 Å². The van der Waals surface area contributed by atoms with Crippen LogP contribution >= 0.6 is 0 Å². The molecule has 2 fully saturated rings. The first-order chi connectivity index (χ1) is 17.6. The topological polar surface area (TPSA) is 84.8 Å². The van der Waals surface area contributed by atoms with Gasteiger partial charge in [0.15, 0.2) is 0 Å². The van der Waals surface area contributed by atoms with Crippen LogP contribution < -0.4 is 10.2 Å². The highest BCUT2D eigenvalue weighted by Crippen LogP contribution is 2.39. The maximum atomic E-state index is 14.3. The molecule has 37 heavy (non-hydrogen) atoms. The first-order valence-electron chi connectivity index (χ1n) is 13.1. The van der Waals surface area contributed by atoms with Gasteiger partial charge in [0.25, 0.3) is 0 Å². The molecule has 1 aromatic carbocycles. The van der Waals surface area contributed by atoms with Crippen molar-refractivity contribution in [1.82, 2.24) is 25.3 Å². The van der Waals surface area contributed by atoms with Gasteiger partial charge in [0, 0.05) is 62.7 Å². The van der Waals surface area contributed by atoms with Crippen molar-refractivity contribution in [2.24, 2.45) is 0 Å². The van der Waals surface area contributed by atoms with Crippen LogP contribution in [0.15, 0.2) is 24.3 Å². The molecule has 3 aliphatic heterocycles. The number of fused-ring (bicyclic) bond motifs is 1. The van der Waals surface area contributed by atoms with Gasteiger partial charge in [-0.15, -0.1) is 0 Å². The van der Waals surface area contributed by atoms with Crippen molar-refractivity contribution in [3.8, 4) is 0 Å². The normalized spacial score (nSPS) is 26.0. The highest BCUT2D eigenvalue weighted by molar-refractivity contribution is 5.97. The number of hydrogen-bond acceptors (Lipinski definition) is 7. The molecule has 4 heterocycles. The van der Waals surface area contributed by atoms with Crippen LogP contribution in [-0.2, 0) is 16.6 Å². The van der Waals surface area contributed by atoms with Crippen molar-refractivity contribution in [2.75, 3.05) is 44.2 Å². The summed E-state index contributed by atoms with van der Waals surface area (Å²) < 4.78 is 27.6. The second kappa shape index (κ2) is 10.3. The molecule has 2 N–H and O–H groups in total. The molecule has 10 heteroatoms. The Kier molecular flexibility index (Phi) is 7.28. The van der Waals surface area contributed by atoms with Crippen LogP contribution in [0.1, 0.15) is 50.6 Å². The van der Waals surface area contributed by atoms with Gasteiger partial charge in [0.1, 0.15) is 17.9 Å². The molecule has 1 unspecified atom stereocenters. The van der Waals surface area contributed by atoms with E-state index in [1.165, 1.54) is 12.1 Å². The van der Waals surface area contributed by atoms with Crippen LogP contribution in [0.4, 0.5) is 14.5 Å². The summed E-state index contributed by atoms with van der Waals surface area (Å²) >= 11 is 0. The SMILES string of the molecule is C[C@@H]1CN(CC(=O)N2CC(C)(C)c3nnc(Cc4ccc(F)cc4F)cc32)[C@@H](CN2CCCC2O)CN1. The number of likely N-dealkylation sites (tertiary alicyclic amines) is 1. The van der Waals surface area contributed by atoms with Crippen LogP contribution in [0, 0.1) is 11.6 Å². The standard InChI is InChI=1S/C27H36F2N6O2/c1-17-13-34(21(12-30-17)14-33-8-4-5-24(33)36)15-25(37)35-16-27(2,3)26-23(35)11-20(31-32-26)9-18-6-7-19(28)10-22(18)29/h6-7,10-11,17,21,24,30,36H,4-5,8-9,12-16H2,1-3H3/t17-,21-,24?/m1/s1. The average Bonchev–Trinajstić information content (AvgIpc) is 3.36. The number of amides is 1. The van der Waals surface area contributed by atoms with E-state index in [2.05, 4.69) is 32.2 Å². The van der Waals surface area contributed by atoms with Crippen molar-refractivity contribution in [3.63, 3.8) is 0 Å². The van der Waals surface area contributed by atoms with Gasteiger partial charge in [-0.1, -0.05) is 19.9 Å². The molecule has 2 saturated heterocycles. The molecule has 0 aliphatic carbocycles. The van der Waals surface area contributed by atoms with E-state index in [4.69, 9.17) is 0 Å². The third-order valence-corrected chi connectivity index (χ3v) is 7.84. The Morgan fingerprint density at radius 3 is 2.76 bits per heavy atom. The van der Waals surface area contributed by atoms with E-state index in [0.29, 0.717) is 23.5 Å². The monoisotopic (exact) mass is 514 g/mol. The molecule has 0 saturated carbocycles. The molecule has 3 aliphatic rings. The van der Waals surface area contributed by atoms with E-state index in [-0.39, 0.29) is 36.4 Å². The highest BCUT2D eigenvalue weighted by Gasteiger charge is 2.41. The summed E-state index contributed by atoms with van der Waals surface area (Å²) in [5.74, 6) is -1.27. The third-order valence-electron chi connectivity index (χ3n) is 7.84. The number of anilines is 1. The largest absolute Gasteiger partial charge is 0.378 e. The number of hydrogen-bond donors (Lipinski definition) is 2. The quantitative estimate of drug-likeness (QED) is 0.611. The molecule has 0 radical (unpaired) electrons. The lowest BCUT2D eigenvalue weighted by Gasteiger charge is -2.41. The Bertz CT molecular complexity index is 1160. The molecule has 3 atom stereocenters. The number of aliphatic hydroxyl groups excluding tert-OH is 1. The number of carbonyl (C=O) groups is 1. The molecule has 1 aromatic heterocycles. The maximum Gasteiger partial charge on any atom is 0.241 e. The second-order valence-corrected chi connectivity index (χ2v) is 11.4. The summed E-state index contributed by atoms with van der Waals surface area (Å²) in [6.07, 6.45) is 1.53. The van der Waals surface area contributed by atoms with Crippen LogP contribution in [0.3, 0.4) is 0 Å². The van der Waals surface area contributed by atoms with Crippen molar-refractivity contribution in [1.29, 1.82) is 0 Å². The van der Waals surface area contributed by atoms with Gasteiger partial charge in [-0.3, -0.25) is 14.6 Å². The zero-order valence-electron chi connectivity index (χ0n) is 21.8. The van der Waals surface area contributed by atoms with Gasteiger partial charge in [-0.2, -0.15) is 10.2 Å². The summed E-state index contributed by atoms with van der Waals surface area (Å²) in [6, 6.07) is 5.70. The van der Waals surface area contributed by atoms with Crippen LogP contribution in [0.5, 0.6) is 0 Å². The summed E-state index contributed by atoms with van der Waals surface area (Å²) in [5, 5.41) is 22.6. The van der Waals surface area contributed by atoms with Crippen molar-refractivity contribution < 1.29 is 18.7 Å². The smallest absolute Gasteiger partial charge is 0.241 e. The lowest BCUT2D eigenvalue weighted by molar-refractivity contribution is -0.121. The lowest BCUT2D eigenvalue weighted by Crippen LogP contribution is -2.61. The van der Waals surface area contributed by atoms with E-state index in [1.807, 2.05) is 19.9 Å². The molecule has 1 amide bonds. The third kappa shape index (κ3) is 5.52. The fourth-order valence-corrected chi connectivity index (χ4v) is 5.79. The molecule has 8 nitrogen and oxygen atoms in total. The Morgan fingerprint density at radius 2 is 2.03 bits per heavy atom. The van der Waals surface area contributed by atoms with Crippen LogP contribution in [0.25, 0.3) is 0 Å². The second-order valence-electron chi connectivity index (χ2n) is 11.4. The summed E-state index contributed by atoms with van der Waals surface area (Å²) in [4.78, 5) is 19.8. The lowest BCUT2D eigenvalue weighted by atomic mass is 9.91. The minimum atomic E-state index is -0.627. The van der Waals surface area contributed by atoms with E-state index in [0.717, 1.165) is 50.8 Å². The van der Waals surface area contributed by atoms with E-state index < -0.39 is 17.9 Å². The first-order valence-corrected chi connectivity index (χ1v) is 13.1. The maximum absolute atomic E-state index is 14.3. The van der Waals surface area contributed by atoms with Crippen molar-refractivity contribution in [3.05, 3.63) is 52.9 Å². The average molecular weight is 515 g/mol. The fraction of sp³-hybridized carbons (Fsp3) is 0.593. The van der Waals surface area contributed by atoms with E-state index >= 15 is 0 Å². The Hall–Kier alpha value is -2.53. The Labute approximate surface area is 216 Å². The van der Waals surface area contributed by atoms with Crippen molar-refractivity contribution in [2.45, 2.75) is 63.8 Å². The predicted molar refractivity (Wildman–Crippen MR) is 136 cm³/mol.